The van der Waals surface area contributed by atoms with Gasteiger partial charge in [-0.15, -0.1) is 0 Å². The molecule has 4 rings (SSSR count). The van der Waals surface area contributed by atoms with Gasteiger partial charge < -0.3 is 25.2 Å². The van der Waals surface area contributed by atoms with Crippen LogP contribution in [0.3, 0.4) is 0 Å². The fraction of sp³-hybridized carbons (Fsp3) is 0.520. The summed E-state index contributed by atoms with van der Waals surface area (Å²) in [6.07, 6.45) is 3.84. The molecule has 0 saturated carbocycles. The number of aromatic nitrogens is 2. The van der Waals surface area contributed by atoms with Crippen LogP contribution in [0.5, 0.6) is 0 Å². The maximum absolute atomic E-state index is 12.4. The van der Waals surface area contributed by atoms with Gasteiger partial charge in [0.25, 0.3) is 0 Å². The molecule has 1 atom stereocenters. The van der Waals surface area contributed by atoms with Crippen molar-refractivity contribution in [2.75, 3.05) is 41.3 Å². The SMILES string of the molecule is C=CC(=O)Nc1ccc2c(N3CC[C@@](C)(NC(=O)OC(C)(C)C)C3)nc(N3CCCC3)nc2c1. The minimum atomic E-state index is -0.551. The predicted molar refractivity (Wildman–Crippen MR) is 134 cm³/mol. The number of alkyl carbamates (subject to hydrolysis) is 1. The first-order valence-corrected chi connectivity index (χ1v) is 11.8. The van der Waals surface area contributed by atoms with Gasteiger partial charge in [-0.2, -0.15) is 4.98 Å². The highest BCUT2D eigenvalue weighted by Crippen LogP contribution is 2.34. The van der Waals surface area contributed by atoms with Crippen LogP contribution in [0.4, 0.5) is 22.2 Å². The van der Waals surface area contributed by atoms with Crippen LogP contribution >= 0.6 is 0 Å². The number of ether oxygens (including phenoxy) is 1. The van der Waals surface area contributed by atoms with E-state index in [4.69, 9.17) is 14.7 Å². The van der Waals surface area contributed by atoms with E-state index in [1.54, 1.807) is 0 Å². The van der Waals surface area contributed by atoms with Crippen molar-refractivity contribution in [3.63, 3.8) is 0 Å². The second-order valence-corrected chi connectivity index (χ2v) is 10.3. The first kappa shape index (κ1) is 23.8. The Morgan fingerprint density at radius 2 is 1.88 bits per heavy atom. The second kappa shape index (κ2) is 9.12. The summed E-state index contributed by atoms with van der Waals surface area (Å²) in [6.45, 7) is 14.3. The average Bonchev–Trinajstić information content (AvgIpc) is 3.41. The Kier molecular flexibility index (Phi) is 6.38. The molecule has 182 valence electrons. The molecule has 34 heavy (non-hydrogen) atoms. The van der Waals surface area contributed by atoms with Gasteiger partial charge in [0.05, 0.1) is 11.1 Å². The number of hydrogen-bond donors (Lipinski definition) is 2. The third-order valence-electron chi connectivity index (χ3n) is 6.08. The molecule has 2 aliphatic rings. The summed E-state index contributed by atoms with van der Waals surface area (Å²) >= 11 is 0. The molecule has 9 nitrogen and oxygen atoms in total. The van der Waals surface area contributed by atoms with Crippen molar-refractivity contribution in [1.82, 2.24) is 15.3 Å². The van der Waals surface area contributed by atoms with Gasteiger partial charge in [0, 0.05) is 37.3 Å². The fourth-order valence-corrected chi connectivity index (χ4v) is 4.47. The van der Waals surface area contributed by atoms with Crippen molar-refractivity contribution >= 4 is 40.4 Å². The molecule has 3 heterocycles. The maximum Gasteiger partial charge on any atom is 0.408 e. The molecule has 0 radical (unpaired) electrons. The topological polar surface area (TPSA) is 99.7 Å². The molecule has 1 aromatic heterocycles. The average molecular weight is 467 g/mol. The number of carbonyl (C=O) groups excluding carboxylic acids is 2. The van der Waals surface area contributed by atoms with Crippen molar-refractivity contribution in [3.8, 4) is 0 Å². The number of rotatable bonds is 5. The highest BCUT2D eigenvalue weighted by atomic mass is 16.6. The van der Waals surface area contributed by atoms with Crippen molar-refractivity contribution in [2.45, 2.75) is 58.1 Å². The minimum absolute atomic E-state index is 0.267. The maximum atomic E-state index is 12.4. The zero-order valence-corrected chi connectivity index (χ0v) is 20.5. The van der Waals surface area contributed by atoms with Gasteiger partial charge >= 0.3 is 6.09 Å². The molecule has 2 aromatic rings. The van der Waals surface area contributed by atoms with E-state index in [0.29, 0.717) is 18.2 Å². The third-order valence-corrected chi connectivity index (χ3v) is 6.08. The lowest BCUT2D eigenvalue weighted by Gasteiger charge is -2.29. The van der Waals surface area contributed by atoms with Crippen molar-refractivity contribution in [1.29, 1.82) is 0 Å². The normalized spacial score (nSPS) is 20.5. The van der Waals surface area contributed by atoms with Crippen molar-refractivity contribution < 1.29 is 14.3 Å². The lowest BCUT2D eigenvalue weighted by Crippen LogP contribution is -2.49. The van der Waals surface area contributed by atoms with E-state index in [-0.39, 0.29) is 5.91 Å². The lowest BCUT2D eigenvalue weighted by atomic mass is 10.0. The van der Waals surface area contributed by atoms with Crippen LogP contribution in [-0.4, -0.2) is 59.3 Å². The Bertz CT molecular complexity index is 1110. The van der Waals surface area contributed by atoms with Crippen LogP contribution in [0.2, 0.25) is 0 Å². The summed E-state index contributed by atoms with van der Waals surface area (Å²) in [6, 6.07) is 5.66. The van der Waals surface area contributed by atoms with E-state index in [1.165, 1.54) is 6.08 Å². The molecule has 0 bridgehead atoms. The first-order valence-electron chi connectivity index (χ1n) is 11.8. The van der Waals surface area contributed by atoms with Crippen LogP contribution < -0.4 is 20.4 Å². The Hall–Kier alpha value is -3.36. The van der Waals surface area contributed by atoms with Crippen LogP contribution in [-0.2, 0) is 9.53 Å². The molecule has 9 heteroatoms. The predicted octanol–water partition coefficient (Wildman–Crippen LogP) is 3.85. The molecule has 2 saturated heterocycles. The number of fused-ring (bicyclic) bond motifs is 1. The standard InChI is InChI=1S/C25H34N6O3/c1-6-20(32)26-17-9-10-18-19(15-17)27-22(30-12-7-8-13-30)28-21(18)31-14-11-25(5,16-31)29-23(33)34-24(2,3)4/h6,9-10,15H,1,7-8,11-14,16H2,2-5H3,(H,26,32)(H,29,33)/t25-/m1/s1. The smallest absolute Gasteiger partial charge is 0.408 e. The number of nitrogens with one attached hydrogen (secondary N) is 2. The van der Waals surface area contributed by atoms with Gasteiger partial charge in [-0.1, -0.05) is 6.58 Å². The van der Waals surface area contributed by atoms with Gasteiger partial charge in [-0.3, -0.25) is 4.79 Å². The van der Waals surface area contributed by atoms with Crippen LogP contribution in [0.1, 0.15) is 47.0 Å². The molecule has 2 fully saturated rings. The number of hydrogen-bond acceptors (Lipinski definition) is 7. The van der Waals surface area contributed by atoms with E-state index in [2.05, 4.69) is 27.0 Å². The zero-order valence-electron chi connectivity index (χ0n) is 20.5. The third kappa shape index (κ3) is 5.40. The number of carbonyl (C=O) groups is 2. The quantitative estimate of drug-likeness (QED) is 0.646. The molecule has 0 spiro atoms. The van der Waals surface area contributed by atoms with Crippen LogP contribution in [0, 0.1) is 0 Å². The minimum Gasteiger partial charge on any atom is -0.444 e. The highest BCUT2D eigenvalue weighted by Gasteiger charge is 2.38. The number of nitrogens with zero attached hydrogens (tertiary/aromatic N) is 4. The summed E-state index contributed by atoms with van der Waals surface area (Å²) < 4.78 is 5.47. The number of anilines is 3. The summed E-state index contributed by atoms with van der Waals surface area (Å²) in [4.78, 5) is 38.4. The molecule has 2 N–H and O–H groups in total. The van der Waals surface area contributed by atoms with Gasteiger partial charge in [0.15, 0.2) is 0 Å². The van der Waals surface area contributed by atoms with E-state index in [0.717, 1.165) is 55.6 Å². The van der Waals surface area contributed by atoms with Crippen molar-refractivity contribution in [3.05, 3.63) is 30.9 Å². The van der Waals surface area contributed by atoms with E-state index < -0.39 is 17.2 Å². The van der Waals surface area contributed by atoms with Crippen LogP contribution in [0.25, 0.3) is 10.9 Å². The molecule has 1 aromatic carbocycles. The highest BCUT2D eigenvalue weighted by molar-refractivity contribution is 6.01. The summed E-state index contributed by atoms with van der Waals surface area (Å²) in [5.74, 6) is 1.26. The van der Waals surface area contributed by atoms with Crippen molar-refractivity contribution in [2.24, 2.45) is 0 Å². The Labute approximate surface area is 200 Å². The van der Waals surface area contributed by atoms with Gasteiger partial charge in [0.1, 0.15) is 11.4 Å². The van der Waals surface area contributed by atoms with E-state index >= 15 is 0 Å². The number of benzene rings is 1. The largest absolute Gasteiger partial charge is 0.444 e. The number of amides is 2. The van der Waals surface area contributed by atoms with Gasteiger partial charge in [0.2, 0.25) is 11.9 Å². The second-order valence-electron chi connectivity index (χ2n) is 10.3. The zero-order chi connectivity index (χ0) is 24.5. The molecular weight excluding hydrogens is 432 g/mol. The van der Waals surface area contributed by atoms with Crippen LogP contribution in [0.15, 0.2) is 30.9 Å². The lowest BCUT2D eigenvalue weighted by molar-refractivity contribution is -0.111. The Morgan fingerprint density at radius 1 is 1.15 bits per heavy atom. The molecule has 2 aliphatic heterocycles. The summed E-state index contributed by atoms with van der Waals surface area (Å²) in [5, 5.41) is 6.77. The molecular formula is C25H34N6O3. The fourth-order valence-electron chi connectivity index (χ4n) is 4.47. The summed E-state index contributed by atoms with van der Waals surface area (Å²) in [7, 11) is 0. The molecule has 0 unspecified atom stereocenters. The van der Waals surface area contributed by atoms with E-state index in [1.807, 2.05) is 45.9 Å². The van der Waals surface area contributed by atoms with Gasteiger partial charge in [-0.05, 0) is 71.2 Å². The van der Waals surface area contributed by atoms with Gasteiger partial charge in [-0.25, -0.2) is 9.78 Å². The first-order chi connectivity index (χ1) is 16.0. The Morgan fingerprint density at radius 3 is 2.56 bits per heavy atom. The Balaban J connectivity index is 1.64. The molecule has 2 amide bonds. The van der Waals surface area contributed by atoms with E-state index in [9.17, 15) is 9.59 Å². The monoisotopic (exact) mass is 466 g/mol. The molecule has 0 aliphatic carbocycles. The summed E-state index contributed by atoms with van der Waals surface area (Å²) in [5.41, 5.74) is 0.436.